The Morgan fingerprint density at radius 2 is 0.983 bits per heavy atom. The first-order valence-corrected chi connectivity index (χ1v) is 24.5. The normalized spacial score (nSPS) is 21.5. The van der Waals surface area contributed by atoms with Crippen molar-refractivity contribution in [2.45, 2.75) is 249 Å². The summed E-state index contributed by atoms with van der Waals surface area (Å²) in [6, 6.07) is -1.01. The number of rotatable bonds is 40. The zero-order valence-electron chi connectivity index (χ0n) is 38.1. The standard InChI is InChI=1S/C50H91NO9/c1-3-5-7-9-11-13-15-17-19-20-21-22-23-24-25-27-29-31-33-35-37-39-44(54)49(58)51-42(41-59-50-48(57)47(56)46(55)45(40-52)60-50)43(53)38-36-34-32-30-28-26-18-16-14-12-10-8-6-4-2/h14,16,23-24,28,30,36,38,42-48,50,52-57H,3-13,15,17-22,25-27,29,31-35,37,39-41H2,1-2H3,(H,51,58)/b16-14+,24-23-,30-28+,38-36+. The maximum absolute atomic E-state index is 13.0. The minimum atomic E-state index is -1.62. The topological polar surface area (TPSA) is 169 Å². The maximum atomic E-state index is 13.0. The van der Waals surface area contributed by atoms with Crippen molar-refractivity contribution in [3.63, 3.8) is 0 Å². The zero-order valence-corrected chi connectivity index (χ0v) is 38.1. The van der Waals surface area contributed by atoms with E-state index in [9.17, 15) is 35.4 Å². The third-order valence-electron chi connectivity index (χ3n) is 11.5. The van der Waals surface area contributed by atoms with Crippen molar-refractivity contribution in [2.75, 3.05) is 13.2 Å². The summed E-state index contributed by atoms with van der Waals surface area (Å²) in [5.74, 6) is -0.636. The molecule has 1 fully saturated rings. The SMILES string of the molecule is CCCCCC/C=C/CC/C=C/CC/C=C/C(O)C(COC1OC(CO)C(O)C(O)C1O)NC(=O)C(O)CCCCCCCC/C=C\CCCCCCCCCCCCC. The van der Waals surface area contributed by atoms with Crippen molar-refractivity contribution in [1.82, 2.24) is 5.32 Å². The number of unbranched alkanes of at least 4 members (excludes halogenated alkanes) is 23. The Balaban J connectivity index is 2.39. The Morgan fingerprint density at radius 3 is 1.47 bits per heavy atom. The number of hydrogen-bond acceptors (Lipinski definition) is 9. The lowest BCUT2D eigenvalue weighted by Crippen LogP contribution is -2.60. The van der Waals surface area contributed by atoms with Crippen molar-refractivity contribution < 1.29 is 44.9 Å². The molecule has 0 aromatic carbocycles. The Hall–Kier alpha value is -1.89. The van der Waals surface area contributed by atoms with E-state index in [0.717, 1.165) is 51.4 Å². The highest BCUT2D eigenvalue weighted by Gasteiger charge is 2.44. The van der Waals surface area contributed by atoms with Crippen molar-refractivity contribution in [3.05, 3.63) is 48.6 Å². The molecule has 7 N–H and O–H groups in total. The van der Waals surface area contributed by atoms with Gasteiger partial charge in [-0.3, -0.25) is 4.79 Å². The van der Waals surface area contributed by atoms with Gasteiger partial charge < -0.3 is 45.4 Å². The van der Waals surface area contributed by atoms with Crippen LogP contribution in [0.25, 0.3) is 0 Å². The molecule has 10 heteroatoms. The van der Waals surface area contributed by atoms with Gasteiger partial charge >= 0.3 is 0 Å². The average Bonchev–Trinajstić information content (AvgIpc) is 3.25. The average molecular weight is 850 g/mol. The van der Waals surface area contributed by atoms with E-state index in [4.69, 9.17) is 9.47 Å². The van der Waals surface area contributed by atoms with Gasteiger partial charge in [0.25, 0.3) is 0 Å². The maximum Gasteiger partial charge on any atom is 0.249 e. The van der Waals surface area contributed by atoms with Gasteiger partial charge in [0.2, 0.25) is 5.91 Å². The molecule has 1 heterocycles. The smallest absolute Gasteiger partial charge is 0.249 e. The molecule has 8 unspecified atom stereocenters. The summed E-state index contributed by atoms with van der Waals surface area (Å²) < 4.78 is 11.1. The number of ether oxygens (including phenoxy) is 2. The summed E-state index contributed by atoms with van der Waals surface area (Å²) in [7, 11) is 0. The largest absolute Gasteiger partial charge is 0.394 e. The summed E-state index contributed by atoms with van der Waals surface area (Å²) in [5, 5.41) is 64.7. The fraction of sp³-hybridized carbons (Fsp3) is 0.820. The second-order valence-corrected chi connectivity index (χ2v) is 17.0. The first kappa shape index (κ1) is 56.1. The fourth-order valence-electron chi connectivity index (χ4n) is 7.42. The predicted octanol–water partition coefficient (Wildman–Crippen LogP) is 9.59. The molecule has 10 nitrogen and oxygen atoms in total. The van der Waals surface area contributed by atoms with Crippen LogP contribution >= 0.6 is 0 Å². The minimum absolute atomic E-state index is 0.293. The van der Waals surface area contributed by atoms with Crippen LogP contribution in [0.1, 0.15) is 200 Å². The molecular formula is C50H91NO9. The molecule has 0 spiro atoms. The van der Waals surface area contributed by atoms with E-state index in [-0.39, 0.29) is 6.61 Å². The van der Waals surface area contributed by atoms with Gasteiger partial charge in [-0.15, -0.1) is 0 Å². The number of aliphatic hydroxyl groups is 6. The number of hydrogen-bond donors (Lipinski definition) is 7. The fourth-order valence-corrected chi connectivity index (χ4v) is 7.42. The molecule has 1 aliphatic rings. The number of aliphatic hydroxyl groups excluding tert-OH is 6. The number of amides is 1. The lowest BCUT2D eigenvalue weighted by molar-refractivity contribution is -0.302. The monoisotopic (exact) mass is 850 g/mol. The van der Waals surface area contributed by atoms with Gasteiger partial charge in [0.15, 0.2) is 6.29 Å². The van der Waals surface area contributed by atoms with Crippen molar-refractivity contribution in [1.29, 1.82) is 0 Å². The first-order valence-electron chi connectivity index (χ1n) is 24.5. The molecule has 1 rings (SSSR count). The Morgan fingerprint density at radius 1 is 0.567 bits per heavy atom. The van der Waals surface area contributed by atoms with Gasteiger partial charge in [0.1, 0.15) is 30.5 Å². The molecule has 1 amide bonds. The van der Waals surface area contributed by atoms with Gasteiger partial charge in [-0.2, -0.15) is 0 Å². The highest BCUT2D eigenvalue weighted by atomic mass is 16.7. The summed E-state index contributed by atoms with van der Waals surface area (Å²) in [6.07, 6.45) is 40.6. The van der Waals surface area contributed by atoms with Crippen LogP contribution in [0.4, 0.5) is 0 Å². The van der Waals surface area contributed by atoms with E-state index in [1.165, 1.54) is 116 Å². The van der Waals surface area contributed by atoms with Crippen molar-refractivity contribution in [3.8, 4) is 0 Å². The summed E-state index contributed by atoms with van der Waals surface area (Å²) in [4.78, 5) is 13.0. The van der Waals surface area contributed by atoms with E-state index in [2.05, 4.69) is 55.6 Å². The quantitative estimate of drug-likeness (QED) is 0.0235. The van der Waals surface area contributed by atoms with Crippen molar-refractivity contribution in [2.24, 2.45) is 0 Å². The summed E-state index contributed by atoms with van der Waals surface area (Å²) in [6.45, 7) is 3.56. The number of carbonyl (C=O) groups excluding carboxylic acids is 1. The molecule has 8 atom stereocenters. The van der Waals surface area contributed by atoms with E-state index in [0.29, 0.717) is 19.3 Å². The highest BCUT2D eigenvalue weighted by Crippen LogP contribution is 2.22. The second kappa shape index (κ2) is 39.9. The Bertz CT molecular complexity index is 1100. The van der Waals surface area contributed by atoms with Crippen LogP contribution in [0, 0.1) is 0 Å². The molecular weight excluding hydrogens is 759 g/mol. The molecule has 0 aromatic heterocycles. The van der Waals surface area contributed by atoms with Crippen LogP contribution in [0.2, 0.25) is 0 Å². The minimum Gasteiger partial charge on any atom is -0.394 e. The number of nitrogens with one attached hydrogen (secondary N) is 1. The van der Waals surface area contributed by atoms with E-state index >= 15 is 0 Å². The lowest BCUT2D eigenvalue weighted by atomic mass is 9.99. The van der Waals surface area contributed by atoms with E-state index in [1.807, 2.05) is 6.08 Å². The van der Waals surface area contributed by atoms with Gasteiger partial charge in [-0.1, -0.05) is 178 Å². The number of carbonyl (C=O) groups is 1. The first-order chi connectivity index (χ1) is 29.3. The molecule has 0 saturated carbocycles. The van der Waals surface area contributed by atoms with E-state index in [1.54, 1.807) is 6.08 Å². The van der Waals surface area contributed by atoms with Crippen LogP contribution < -0.4 is 5.32 Å². The molecule has 1 saturated heterocycles. The van der Waals surface area contributed by atoms with Crippen LogP contribution in [0.5, 0.6) is 0 Å². The van der Waals surface area contributed by atoms with Gasteiger partial charge in [-0.25, -0.2) is 0 Å². The second-order valence-electron chi connectivity index (χ2n) is 17.0. The lowest BCUT2D eigenvalue weighted by Gasteiger charge is -2.40. The van der Waals surface area contributed by atoms with Gasteiger partial charge in [0, 0.05) is 0 Å². The highest BCUT2D eigenvalue weighted by molar-refractivity contribution is 5.80. The third kappa shape index (κ3) is 29.4. The van der Waals surface area contributed by atoms with Gasteiger partial charge in [-0.05, 0) is 70.6 Å². The Labute approximate surface area is 366 Å². The van der Waals surface area contributed by atoms with Crippen LogP contribution in [0.3, 0.4) is 0 Å². The van der Waals surface area contributed by atoms with Crippen LogP contribution in [-0.2, 0) is 14.3 Å². The van der Waals surface area contributed by atoms with Crippen LogP contribution in [0.15, 0.2) is 48.6 Å². The summed E-state index contributed by atoms with van der Waals surface area (Å²) >= 11 is 0. The molecule has 1 aliphatic heterocycles. The van der Waals surface area contributed by atoms with Crippen LogP contribution in [-0.4, -0.2) is 98.7 Å². The predicted molar refractivity (Wildman–Crippen MR) is 245 cm³/mol. The third-order valence-corrected chi connectivity index (χ3v) is 11.5. The van der Waals surface area contributed by atoms with E-state index < -0.39 is 61.5 Å². The molecule has 350 valence electrons. The molecule has 0 bridgehead atoms. The molecule has 0 aliphatic carbocycles. The molecule has 0 radical (unpaired) electrons. The zero-order chi connectivity index (χ0) is 43.9. The summed E-state index contributed by atoms with van der Waals surface area (Å²) in [5.41, 5.74) is 0. The molecule has 0 aromatic rings. The van der Waals surface area contributed by atoms with Gasteiger partial charge in [0.05, 0.1) is 25.4 Å². The van der Waals surface area contributed by atoms with Crippen molar-refractivity contribution >= 4 is 5.91 Å². The Kier molecular flexibility index (Phi) is 37.3. The number of allylic oxidation sites excluding steroid dienone is 7. The molecule has 60 heavy (non-hydrogen) atoms.